The van der Waals surface area contributed by atoms with Crippen molar-refractivity contribution in [1.29, 1.82) is 0 Å². The van der Waals surface area contributed by atoms with Crippen LogP contribution in [-0.4, -0.2) is 36.7 Å². The summed E-state index contributed by atoms with van der Waals surface area (Å²) in [6.45, 7) is 9.63. The number of nitrogens with one attached hydrogen (secondary N) is 1. The van der Waals surface area contributed by atoms with Crippen molar-refractivity contribution in [2.24, 2.45) is 0 Å². The molecule has 0 saturated carbocycles. The molecule has 1 fully saturated rings. The van der Waals surface area contributed by atoms with Crippen molar-refractivity contribution in [1.82, 2.24) is 4.90 Å². The van der Waals surface area contributed by atoms with Gasteiger partial charge in [-0.15, -0.1) is 0 Å². The summed E-state index contributed by atoms with van der Waals surface area (Å²) in [4.78, 5) is 2.53. The van der Waals surface area contributed by atoms with E-state index in [1.54, 1.807) is 0 Å². The minimum atomic E-state index is 0.135. The van der Waals surface area contributed by atoms with Gasteiger partial charge >= 0.3 is 0 Å². The van der Waals surface area contributed by atoms with Crippen LogP contribution in [0.5, 0.6) is 5.75 Å². The van der Waals surface area contributed by atoms with Crippen molar-refractivity contribution in [3.05, 3.63) is 18.2 Å². The molecule has 0 bridgehead atoms. The van der Waals surface area contributed by atoms with Gasteiger partial charge in [-0.1, -0.05) is 6.07 Å². The molecule has 0 spiro atoms. The van der Waals surface area contributed by atoms with Gasteiger partial charge < -0.3 is 15.8 Å². The molecule has 3 N–H and O–H groups in total. The first-order valence-electron chi connectivity index (χ1n) is 7.61. The number of nitrogens with two attached hydrogens (primary N) is 1. The van der Waals surface area contributed by atoms with Crippen molar-refractivity contribution in [2.45, 2.75) is 45.8 Å². The standard InChI is InChI=1S/C16H27N3O/c1-12(2)20-15-8-6-7-14(16(15)17)18-11-13(3)19-9-4-5-10-19/h6-8,12-13,18H,4-5,9-11,17H2,1-3H3. The molecule has 20 heavy (non-hydrogen) atoms. The summed E-state index contributed by atoms with van der Waals surface area (Å²) in [5, 5.41) is 3.46. The number of benzene rings is 1. The van der Waals surface area contributed by atoms with Crippen LogP contribution in [0.1, 0.15) is 33.6 Å². The van der Waals surface area contributed by atoms with E-state index < -0.39 is 0 Å². The second kappa shape index (κ2) is 6.84. The maximum absolute atomic E-state index is 6.17. The summed E-state index contributed by atoms with van der Waals surface area (Å²) < 4.78 is 5.72. The Morgan fingerprint density at radius 2 is 1.95 bits per heavy atom. The Kier molecular flexibility index (Phi) is 5.12. The average Bonchev–Trinajstić information content (AvgIpc) is 2.93. The minimum Gasteiger partial charge on any atom is -0.489 e. The van der Waals surface area contributed by atoms with Gasteiger partial charge in [-0.05, 0) is 58.8 Å². The number of para-hydroxylation sites is 1. The molecule has 1 atom stereocenters. The highest BCUT2D eigenvalue weighted by Crippen LogP contribution is 2.30. The van der Waals surface area contributed by atoms with Gasteiger partial charge in [-0.3, -0.25) is 4.90 Å². The van der Waals surface area contributed by atoms with E-state index in [9.17, 15) is 0 Å². The van der Waals surface area contributed by atoms with Crippen molar-refractivity contribution in [3.8, 4) is 5.75 Å². The molecule has 1 aromatic carbocycles. The highest BCUT2D eigenvalue weighted by Gasteiger charge is 2.18. The average molecular weight is 277 g/mol. The Balaban J connectivity index is 1.95. The van der Waals surface area contributed by atoms with Crippen LogP contribution in [0.15, 0.2) is 18.2 Å². The first kappa shape index (κ1) is 15.0. The second-order valence-electron chi connectivity index (χ2n) is 5.86. The number of rotatable bonds is 6. The fourth-order valence-electron chi connectivity index (χ4n) is 2.62. The lowest BCUT2D eigenvalue weighted by molar-refractivity contribution is 0.244. The molecular formula is C16H27N3O. The van der Waals surface area contributed by atoms with Crippen LogP contribution in [0.25, 0.3) is 0 Å². The lowest BCUT2D eigenvalue weighted by Gasteiger charge is -2.25. The molecule has 0 radical (unpaired) electrons. The zero-order valence-corrected chi connectivity index (χ0v) is 12.9. The molecule has 1 saturated heterocycles. The predicted molar refractivity (Wildman–Crippen MR) is 85.4 cm³/mol. The Bertz CT molecular complexity index is 428. The molecule has 0 aliphatic carbocycles. The van der Waals surface area contributed by atoms with Crippen molar-refractivity contribution >= 4 is 11.4 Å². The molecule has 4 heteroatoms. The molecule has 1 aromatic rings. The van der Waals surface area contributed by atoms with Crippen LogP contribution in [-0.2, 0) is 0 Å². The molecule has 1 heterocycles. The molecule has 1 unspecified atom stereocenters. The number of hydrogen-bond donors (Lipinski definition) is 2. The fourth-order valence-corrected chi connectivity index (χ4v) is 2.62. The van der Waals surface area contributed by atoms with E-state index in [4.69, 9.17) is 10.5 Å². The molecular weight excluding hydrogens is 250 g/mol. The molecule has 4 nitrogen and oxygen atoms in total. The van der Waals surface area contributed by atoms with Gasteiger partial charge in [0.25, 0.3) is 0 Å². The largest absolute Gasteiger partial charge is 0.489 e. The van der Waals surface area contributed by atoms with E-state index in [1.807, 2.05) is 32.0 Å². The quantitative estimate of drug-likeness (QED) is 0.785. The number of nitrogens with zero attached hydrogens (tertiary/aromatic N) is 1. The zero-order chi connectivity index (χ0) is 14.5. The van der Waals surface area contributed by atoms with E-state index in [1.165, 1.54) is 25.9 Å². The van der Waals surface area contributed by atoms with Crippen LogP contribution in [0, 0.1) is 0 Å². The van der Waals surface area contributed by atoms with Gasteiger partial charge in [-0.2, -0.15) is 0 Å². The molecule has 0 aromatic heterocycles. The van der Waals surface area contributed by atoms with Gasteiger partial charge in [0, 0.05) is 12.6 Å². The Morgan fingerprint density at radius 3 is 2.60 bits per heavy atom. The summed E-state index contributed by atoms with van der Waals surface area (Å²) >= 11 is 0. The SMILES string of the molecule is CC(C)Oc1cccc(NCC(C)N2CCCC2)c1N. The molecule has 0 amide bonds. The molecule has 1 aliphatic heterocycles. The Labute approximate surface area is 122 Å². The maximum Gasteiger partial charge on any atom is 0.144 e. The van der Waals surface area contributed by atoms with Crippen LogP contribution >= 0.6 is 0 Å². The Morgan fingerprint density at radius 1 is 1.25 bits per heavy atom. The zero-order valence-electron chi connectivity index (χ0n) is 12.9. The molecule has 2 rings (SSSR count). The van der Waals surface area contributed by atoms with Crippen LogP contribution in [0.4, 0.5) is 11.4 Å². The van der Waals surface area contributed by atoms with Crippen LogP contribution < -0.4 is 15.8 Å². The summed E-state index contributed by atoms with van der Waals surface area (Å²) in [6, 6.07) is 6.45. The topological polar surface area (TPSA) is 50.5 Å². The van der Waals surface area contributed by atoms with E-state index in [0.29, 0.717) is 11.7 Å². The Hall–Kier alpha value is -1.42. The normalized spacial score (nSPS) is 17.4. The van der Waals surface area contributed by atoms with Crippen LogP contribution in [0.3, 0.4) is 0 Å². The number of nitrogen functional groups attached to an aromatic ring is 1. The van der Waals surface area contributed by atoms with E-state index in [0.717, 1.165) is 18.0 Å². The number of anilines is 2. The highest BCUT2D eigenvalue weighted by atomic mass is 16.5. The number of ether oxygens (including phenoxy) is 1. The van der Waals surface area contributed by atoms with Gasteiger partial charge in [0.15, 0.2) is 0 Å². The third kappa shape index (κ3) is 3.79. The predicted octanol–water partition coefficient (Wildman–Crippen LogP) is 2.95. The molecule has 1 aliphatic rings. The summed E-state index contributed by atoms with van der Waals surface area (Å²) in [5.41, 5.74) is 7.84. The third-order valence-electron chi connectivity index (χ3n) is 3.78. The minimum absolute atomic E-state index is 0.135. The van der Waals surface area contributed by atoms with Gasteiger partial charge in [0.2, 0.25) is 0 Å². The maximum atomic E-state index is 6.17. The summed E-state index contributed by atoms with van der Waals surface area (Å²) in [6.07, 6.45) is 2.78. The van der Waals surface area contributed by atoms with Crippen molar-refractivity contribution < 1.29 is 4.74 Å². The van der Waals surface area contributed by atoms with E-state index in [2.05, 4.69) is 17.1 Å². The van der Waals surface area contributed by atoms with Gasteiger partial charge in [-0.25, -0.2) is 0 Å². The highest BCUT2D eigenvalue weighted by molar-refractivity contribution is 5.72. The van der Waals surface area contributed by atoms with E-state index >= 15 is 0 Å². The van der Waals surface area contributed by atoms with Gasteiger partial charge in [0.1, 0.15) is 5.75 Å². The van der Waals surface area contributed by atoms with E-state index in [-0.39, 0.29) is 6.10 Å². The number of likely N-dealkylation sites (tertiary alicyclic amines) is 1. The van der Waals surface area contributed by atoms with Crippen molar-refractivity contribution in [2.75, 3.05) is 30.7 Å². The first-order valence-corrected chi connectivity index (χ1v) is 7.61. The molecule has 112 valence electrons. The summed E-state index contributed by atoms with van der Waals surface area (Å²) in [5.74, 6) is 0.763. The summed E-state index contributed by atoms with van der Waals surface area (Å²) in [7, 11) is 0. The smallest absolute Gasteiger partial charge is 0.144 e. The monoisotopic (exact) mass is 277 g/mol. The third-order valence-corrected chi connectivity index (χ3v) is 3.78. The van der Waals surface area contributed by atoms with Gasteiger partial charge in [0.05, 0.1) is 17.5 Å². The first-order chi connectivity index (χ1) is 9.58. The van der Waals surface area contributed by atoms with Crippen molar-refractivity contribution in [3.63, 3.8) is 0 Å². The lowest BCUT2D eigenvalue weighted by Crippen LogP contribution is -2.35. The second-order valence-corrected chi connectivity index (χ2v) is 5.86. The number of hydrogen-bond acceptors (Lipinski definition) is 4. The van der Waals surface area contributed by atoms with Crippen LogP contribution in [0.2, 0.25) is 0 Å². The fraction of sp³-hybridized carbons (Fsp3) is 0.625. The lowest BCUT2D eigenvalue weighted by atomic mass is 10.2.